The van der Waals surface area contributed by atoms with E-state index in [1.54, 1.807) is 6.20 Å². The number of imidazole rings is 1. The second kappa shape index (κ2) is 6.97. The highest BCUT2D eigenvalue weighted by Crippen LogP contribution is 2.31. The van der Waals surface area contributed by atoms with Gasteiger partial charge in [-0.3, -0.25) is 0 Å². The molecule has 0 aliphatic carbocycles. The van der Waals surface area contributed by atoms with Crippen LogP contribution in [0.4, 0.5) is 13.2 Å². The lowest BCUT2D eigenvalue weighted by Crippen LogP contribution is -2.21. The summed E-state index contributed by atoms with van der Waals surface area (Å²) >= 11 is 1.42. The summed E-state index contributed by atoms with van der Waals surface area (Å²) in [6, 6.07) is 5.14. The van der Waals surface area contributed by atoms with Crippen LogP contribution in [0.1, 0.15) is 30.0 Å². The van der Waals surface area contributed by atoms with Gasteiger partial charge in [-0.05, 0) is 19.1 Å². The zero-order valence-electron chi connectivity index (χ0n) is 13.7. The average molecular weight is 366 g/mol. The van der Waals surface area contributed by atoms with Gasteiger partial charge < -0.3 is 9.88 Å². The molecule has 3 aromatic rings. The van der Waals surface area contributed by atoms with E-state index in [1.165, 1.54) is 23.5 Å². The van der Waals surface area contributed by atoms with Gasteiger partial charge in [0.15, 0.2) is 0 Å². The fraction of sp³-hybridized carbons (Fsp3) is 0.294. The summed E-state index contributed by atoms with van der Waals surface area (Å²) in [6.45, 7) is 2.58. The summed E-state index contributed by atoms with van der Waals surface area (Å²) < 4.78 is 39.8. The molecule has 3 rings (SSSR count). The van der Waals surface area contributed by atoms with Crippen molar-refractivity contribution in [2.24, 2.45) is 7.05 Å². The number of nitrogens with one attached hydrogen (secondary N) is 1. The molecular formula is C17H17F3N4S. The summed E-state index contributed by atoms with van der Waals surface area (Å²) in [5.74, 6) is 0.929. The smallest absolute Gasteiger partial charge is 0.337 e. The van der Waals surface area contributed by atoms with Crippen LogP contribution in [0.3, 0.4) is 0 Å². The van der Waals surface area contributed by atoms with Crippen LogP contribution in [0.25, 0.3) is 10.6 Å². The number of alkyl halides is 3. The Morgan fingerprint density at radius 2 is 1.96 bits per heavy atom. The van der Waals surface area contributed by atoms with Crippen molar-refractivity contribution in [2.45, 2.75) is 25.7 Å². The van der Waals surface area contributed by atoms with Gasteiger partial charge in [-0.25, -0.2) is 9.97 Å². The van der Waals surface area contributed by atoms with Crippen LogP contribution in [0.5, 0.6) is 0 Å². The Morgan fingerprint density at radius 1 is 1.24 bits per heavy atom. The largest absolute Gasteiger partial charge is 0.416 e. The van der Waals surface area contributed by atoms with Crippen molar-refractivity contribution in [2.75, 3.05) is 0 Å². The second-order valence-electron chi connectivity index (χ2n) is 5.72. The molecule has 0 bridgehead atoms. The van der Waals surface area contributed by atoms with Crippen LogP contribution >= 0.6 is 11.3 Å². The zero-order chi connectivity index (χ0) is 18.0. The van der Waals surface area contributed by atoms with Gasteiger partial charge in [0.1, 0.15) is 10.8 Å². The number of thiazole rings is 1. The van der Waals surface area contributed by atoms with E-state index in [2.05, 4.69) is 15.3 Å². The maximum Gasteiger partial charge on any atom is 0.416 e. The number of aryl methyl sites for hydroxylation is 1. The van der Waals surface area contributed by atoms with E-state index in [0.29, 0.717) is 17.1 Å². The molecule has 1 unspecified atom stereocenters. The predicted molar refractivity (Wildman–Crippen MR) is 91.0 cm³/mol. The van der Waals surface area contributed by atoms with E-state index in [-0.39, 0.29) is 6.04 Å². The second-order valence-corrected chi connectivity index (χ2v) is 6.58. The fourth-order valence-electron chi connectivity index (χ4n) is 2.47. The Morgan fingerprint density at radius 3 is 2.56 bits per heavy atom. The highest BCUT2D eigenvalue weighted by Gasteiger charge is 2.30. The molecule has 0 saturated heterocycles. The Bertz CT molecular complexity index is 836. The zero-order valence-corrected chi connectivity index (χ0v) is 14.5. The summed E-state index contributed by atoms with van der Waals surface area (Å²) in [6.07, 6.45) is -0.685. The van der Waals surface area contributed by atoms with Crippen molar-refractivity contribution in [3.63, 3.8) is 0 Å². The first-order valence-electron chi connectivity index (χ1n) is 7.67. The number of hydrogen-bond acceptors (Lipinski definition) is 4. The lowest BCUT2D eigenvalue weighted by atomic mass is 10.1. The van der Waals surface area contributed by atoms with Gasteiger partial charge in [0.05, 0.1) is 17.3 Å². The maximum atomic E-state index is 12.6. The molecule has 8 heteroatoms. The monoisotopic (exact) mass is 366 g/mol. The van der Waals surface area contributed by atoms with Gasteiger partial charge in [-0.1, -0.05) is 12.1 Å². The number of nitrogens with zero attached hydrogens (tertiary/aromatic N) is 3. The first-order chi connectivity index (χ1) is 11.8. The van der Waals surface area contributed by atoms with E-state index >= 15 is 0 Å². The van der Waals surface area contributed by atoms with Gasteiger partial charge >= 0.3 is 6.18 Å². The number of aromatic nitrogens is 3. The minimum Gasteiger partial charge on any atom is -0.337 e. The van der Waals surface area contributed by atoms with Gasteiger partial charge in [0.2, 0.25) is 0 Å². The third kappa shape index (κ3) is 4.08. The van der Waals surface area contributed by atoms with Crippen molar-refractivity contribution in [1.82, 2.24) is 19.9 Å². The van der Waals surface area contributed by atoms with Crippen molar-refractivity contribution >= 4 is 11.3 Å². The molecule has 4 nitrogen and oxygen atoms in total. The molecule has 0 aliphatic rings. The maximum absolute atomic E-state index is 12.6. The minimum absolute atomic E-state index is 0.0659. The number of benzene rings is 1. The van der Waals surface area contributed by atoms with E-state index in [1.807, 2.05) is 30.1 Å². The number of rotatable bonds is 5. The molecule has 1 aromatic carbocycles. The fourth-order valence-corrected chi connectivity index (χ4v) is 3.29. The molecule has 0 aliphatic heterocycles. The van der Waals surface area contributed by atoms with Crippen molar-refractivity contribution in [1.29, 1.82) is 0 Å². The van der Waals surface area contributed by atoms with Crippen molar-refractivity contribution in [3.05, 3.63) is 59.1 Å². The standard InChI is InChI=1S/C17H17F3N4S/c1-11(15-21-7-8-24(15)2)22-9-14-10-25-16(23-14)12-3-5-13(6-4-12)17(18,19)20/h3-8,10-11,22H,9H2,1-2H3. The Hall–Kier alpha value is -2.19. The Kier molecular flexibility index (Phi) is 4.91. The van der Waals surface area contributed by atoms with E-state index in [0.717, 1.165) is 23.7 Å². The van der Waals surface area contributed by atoms with Crippen molar-refractivity contribution in [3.8, 4) is 10.6 Å². The quantitative estimate of drug-likeness (QED) is 0.727. The highest BCUT2D eigenvalue weighted by molar-refractivity contribution is 7.13. The Labute approximate surface area is 147 Å². The summed E-state index contributed by atoms with van der Waals surface area (Å²) in [5.41, 5.74) is 0.876. The number of hydrogen-bond donors (Lipinski definition) is 1. The summed E-state index contributed by atoms with van der Waals surface area (Å²) in [7, 11) is 1.94. The van der Waals surface area contributed by atoms with Gasteiger partial charge in [0, 0.05) is 36.9 Å². The van der Waals surface area contributed by atoms with Crippen LogP contribution in [-0.4, -0.2) is 14.5 Å². The third-order valence-electron chi connectivity index (χ3n) is 3.85. The normalized spacial score (nSPS) is 13.2. The molecule has 25 heavy (non-hydrogen) atoms. The van der Waals surface area contributed by atoms with Gasteiger partial charge in [0.25, 0.3) is 0 Å². The molecule has 0 radical (unpaired) electrons. The van der Waals surface area contributed by atoms with Crippen LogP contribution < -0.4 is 5.32 Å². The molecule has 2 aromatic heterocycles. The lowest BCUT2D eigenvalue weighted by molar-refractivity contribution is -0.137. The average Bonchev–Trinajstić information content (AvgIpc) is 3.21. The molecule has 1 atom stereocenters. The summed E-state index contributed by atoms with van der Waals surface area (Å²) in [5, 5.41) is 5.96. The molecule has 0 amide bonds. The van der Waals surface area contributed by atoms with Crippen LogP contribution in [0.2, 0.25) is 0 Å². The molecular weight excluding hydrogens is 349 g/mol. The molecule has 132 valence electrons. The van der Waals surface area contributed by atoms with Crippen molar-refractivity contribution < 1.29 is 13.2 Å². The van der Waals surface area contributed by atoms with E-state index < -0.39 is 11.7 Å². The topological polar surface area (TPSA) is 42.7 Å². The van der Waals surface area contributed by atoms with Crippen LogP contribution in [-0.2, 0) is 19.8 Å². The molecule has 0 saturated carbocycles. The highest BCUT2D eigenvalue weighted by atomic mass is 32.1. The third-order valence-corrected chi connectivity index (χ3v) is 4.79. The van der Waals surface area contributed by atoms with Crippen LogP contribution in [0.15, 0.2) is 42.0 Å². The first-order valence-corrected chi connectivity index (χ1v) is 8.55. The SMILES string of the molecule is CC(NCc1csc(-c2ccc(C(F)(F)F)cc2)n1)c1nccn1C. The summed E-state index contributed by atoms with van der Waals surface area (Å²) in [4.78, 5) is 8.80. The first kappa shape index (κ1) is 17.6. The van der Waals surface area contributed by atoms with Crippen LogP contribution in [0, 0.1) is 0 Å². The predicted octanol–water partition coefficient (Wildman–Crippen LogP) is 4.41. The molecule has 0 spiro atoms. The lowest BCUT2D eigenvalue weighted by Gasteiger charge is -2.12. The molecule has 1 N–H and O–H groups in total. The Balaban J connectivity index is 1.65. The molecule has 2 heterocycles. The van der Waals surface area contributed by atoms with Gasteiger partial charge in [-0.2, -0.15) is 13.2 Å². The molecule has 0 fully saturated rings. The number of halogens is 3. The van der Waals surface area contributed by atoms with E-state index in [9.17, 15) is 13.2 Å². The van der Waals surface area contributed by atoms with E-state index in [4.69, 9.17) is 0 Å². The van der Waals surface area contributed by atoms with Gasteiger partial charge in [-0.15, -0.1) is 11.3 Å². The minimum atomic E-state index is -4.32.